The zero-order valence-electron chi connectivity index (χ0n) is 10.5. The summed E-state index contributed by atoms with van der Waals surface area (Å²) < 4.78 is 13.2. The van der Waals surface area contributed by atoms with Crippen molar-refractivity contribution in [2.45, 2.75) is 6.54 Å². The Morgan fingerprint density at radius 3 is 3.05 bits per heavy atom. The fourth-order valence-corrected chi connectivity index (χ4v) is 2.09. The third-order valence-corrected chi connectivity index (χ3v) is 3.12. The Balaban J connectivity index is 1.83. The van der Waals surface area contributed by atoms with Gasteiger partial charge in [-0.15, -0.1) is 0 Å². The number of hydrogen-bond donors (Lipinski definition) is 2. The van der Waals surface area contributed by atoms with Gasteiger partial charge in [-0.1, -0.05) is 12.1 Å². The molecule has 3 rings (SSSR count). The number of aromatic nitrogens is 2. The molecule has 3 aromatic rings. The molecule has 20 heavy (non-hydrogen) atoms. The van der Waals surface area contributed by atoms with Crippen molar-refractivity contribution in [1.82, 2.24) is 10.2 Å². The molecule has 0 amide bonds. The number of halogens is 1. The van der Waals surface area contributed by atoms with E-state index in [2.05, 4.69) is 15.5 Å². The molecule has 2 N–H and O–H groups in total. The Morgan fingerprint density at radius 2 is 2.20 bits per heavy atom. The van der Waals surface area contributed by atoms with Crippen LogP contribution in [0.5, 0.6) is 0 Å². The molecule has 2 aromatic carbocycles. The van der Waals surface area contributed by atoms with E-state index in [-0.39, 0.29) is 5.56 Å². The predicted molar refractivity (Wildman–Crippen MR) is 74.5 cm³/mol. The van der Waals surface area contributed by atoms with Gasteiger partial charge in [0.15, 0.2) is 0 Å². The second-order valence-electron chi connectivity index (χ2n) is 4.42. The van der Waals surface area contributed by atoms with E-state index in [9.17, 15) is 4.39 Å². The summed E-state index contributed by atoms with van der Waals surface area (Å²) in [5.74, 6) is -0.492. The van der Waals surface area contributed by atoms with Crippen LogP contribution in [0.3, 0.4) is 0 Å². The molecule has 98 valence electrons. The van der Waals surface area contributed by atoms with Crippen molar-refractivity contribution < 1.29 is 4.39 Å². The molecule has 0 saturated carbocycles. The first-order valence-electron chi connectivity index (χ1n) is 6.12. The van der Waals surface area contributed by atoms with Gasteiger partial charge in [0.05, 0.1) is 17.3 Å². The Labute approximate surface area is 114 Å². The molecule has 0 bridgehead atoms. The summed E-state index contributed by atoms with van der Waals surface area (Å²) >= 11 is 0. The van der Waals surface area contributed by atoms with Crippen LogP contribution in [0.1, 0.15) is 11.1 Å². The van der Waals surface area contributed by atoms with Crippen molar-refractivity contribution in [1.29, 1.82) is 5.26 Å². The van der Waals surface area contributed by atoms with Crippen molar-refractivity contribution in [3.05, 3.63) is 59.5 Å². The molecular weight excluding hydrogens is 255 g/mol. The van der Waals surface area contributed by atoms with Gasteiger partial charge in [0.25, 0.3) is 0 Å². The van der Waals surface area contributed by atoms with Crippen LogP contribution in [0, 0.1) is 17.1 Å². The van der Waals surface area contributed by atoms with Gasteiger partial charge in [-0.05, 0) is 29.8 Å². The first-order chi connectivity index (χ1) is 9.78. The van der Waals surface area contributed by atoms with E-state index < -0.39 is 5.82 Å². The third kappa shape index (κ3) is 2.19. The SMILES string of the molecule is N#Cc1cc(CNc2cccc3[nH]ncc23)ccc1F. The Kier molecular flexibility index (Phi) is 3.05. The van der Waals surface area contributed by atoms with Crippen LogP contribution in [0.2, 0.25) is 0 Å². The molecule has 0 atom stereocenters. The maximum Gasteiger partial charge on any atom is 0.140 e. The maximum absolute atomic E-state index is 13.2. The average Bonchev–Trinajstić information content (AvgIpc) is 2.95. The fraction of sp³-hybridized carbons (Fsp3) is 0.0667. The van der Waals surface area contributed by atoms with E-state index in [1.807, 2.05) is 24.3 Å². The largest absolute Gasteiger partial charge is 0.380 e. The molecule has 0 fully saturated rings. The number of nitriles is 1. The van der Waals surface area contributed by atoms with Crippen LogP contribution in [0.4, 0.5) is 10.1 Å². The summed E-state index contributed by atoms with van der Waals surface area (Å²) in [7, 11) is 0. The molecule has 0 radical (unpaired) electrons. The number of benzene rings is 2. The lowest BCUT2D eigenvalue weighted by atomic mass is 10.1. The predicted octanol–water partition coefficient (Wildman–Crippen LogP) is 3.19. The number of rotatable bonds is 3. The summed E-state index contributed by atoms with van der Waals surface area (Å²) in [5, 5.41) is 20.0. The molecule has 1 aromatic heterocycles. The van der Waals surface area contributed by atoms with E-state index in [4.69, 9.17) is 5.26 Å². The molecule has 4 nitrogen and oxygen atoms in total. The minimum atomic E-state index is -0.492. The maximum atomic E-state index is 13.2. The van der Waals surface area contributed by atoms with Crippen LogP contribution >= 0.6 is 0 Å². The van der Waals surface area contributed by atoms with E-state index in [1.165, 1.54) is 6.07 Å². The number of nitrogens with zero attached hydrogens (tertiary/aromatic N) is 2. The number of nitrogens with one attached hydrogen (secondary N) is 2. The zero-order valence-corrected chi connectivity index (χ0v) is 10.5. The first-order valence-corrected chi connectivity index (χ1v) is 6.12. The van der Waals surface area contributed by atoms with Gasteiger partial charge < -0.3 is 5.32 Å². The van der Waals surface area contributed by atoms with Crippen molar-refractivity contribution in [2.24, 2.45) is 0 Å². The molecule has 1 heterocycles. The van der Waals surface area contributed by atoms with Crippen LogP contribution < -0.4 is 5.32 Å². The smallest absolute Gasteiger partial charge is 0.140 e. The van der Waals surface area contributed by atoms with E-state index in [0.717, 1.165) is 22.2 Å². The van der Waals surface area contributed by atoms with Gasteiger partial charge in [-0.3, -0.25) is 5.10 Å². The van der Waals surface area contributed by atoms with Crippen molar-refractivity contribution >= 4 is 16.6 Å². The lowest BCUT2D eigenvalue weighted by Gasteiger charge is -2.08. The quantitative estimate of drug-likeness (QED) is 0.765. The second kappa shape index (κ2) is 5.02. The topological polar surface area (TPSA) is 64.5 Å². The minimum absolute atomic E-state index is 0.0609. The Hall–Kier alpha value is -2.87. The zero-order chi connectivity index (χ0) is 13.9. The number of anilines is 1. The van der Waals surface area contributed by atoms with Crippen LogP contribution in [-0.2, 0) is 6.54 Å². The highest BCUT2D eigenvalue weighted by Crippen LogP contribution is 2.21. The molecule has 0 unspecified atom stereocenters. The highest BCUT2D eigenvalue weighted by atomic mass is 19.1. The van der Waals surface area contributed by atoms with Gasteiger partial charge in [-0.25, -0.2) is 4.39 Å². The number of fused-ring (bicyclic) bond motifs is 1. The van der Waals surface area contributed by atoms with Crippen molar-refractivity contribution in [3.8, 4) is 6.07 Å². The number of aromatic amines is 1. The lowest BCUT2D eigenvalue weighted by molar-refractivity contribution is 0.623. The van der Waals surface area contributed by atoms with Crippen LogP contribution in [0.25, 0.3) is 10.9 Å². The van der Waals surface area contributed by atoms with Crippen molar-refractivity contribution in [2.75, 3.05) is 5.32 Å². The molecule has 0 spiro atoms. The standard InChI is InChI=1S/C15H11FN4/c16-13-5-4-10(6-11(13)7-17)8-18-14-2-1-3-15-12(14)9-19-20-15/h1-6,9,18H,8H2,(H,19,20). The van der Waals surface area contributed by atoms with Gasteiger partial charge in [0.2, 0.25) is 0 Å². The Bertz CT molecular complexity index is 801. The molecule has 0 saturated heterocycles. The van der Waals surface area contributed by atoms with Gasteiger partial charge in [0.1, 0.15) is 11.9 Å². The Morgan fingerprint density at radius 1 is 1.30 bits per heavy atom. The molecule has 0 aliphatic rings. The molecule has 0 aliphatic heterocycles. The highest BCUT2D eigenvalue weighted by Gasteiger charge is 2.05. The van der Waals surface area contributed by atoms with E-state index in [0.29, 0.717) is 6.54 Å². The van der Waals surface area contributed by atoms with Crippen LogP contribution in [-0.4, -0.2) is 10.2 Å². The number of H-pyrrole nitrogens is 1. The summed E-state index contributed by atoms with van der Waals surface area (Å²) in [4.78, 5) is 0. The summed E-state index contributed by atoms with van der Waals surface area (Å²) in [6.07, 6.45) is 1.75. The van der Waals surface area contributed by atoms with Gasteiger partial charge in [-0.2, -0.15) is 10.4 Å². The summed E-state index contributed by atoms with van der Waals surface area (Å²) in [6.45, 7) is 0.513. The monoisotopic (exact) mass is 266 g/mol. The fourth-order valence-electron chi connectivity index (χ4n) is 2.09. The van der Waals surface area contributed by atoms with Gasteiger partial charge in [0, 0.05) is 17.6 Å². The average molecular weight is 266 g/mol. The van der Waals surface area contributed by atoms with Gasteiger partial charge >= 0.3 is 0 Å². The normalized spacial score (nSPS) is 10.4. The first kappa shape index (κ1) is 12.2. The molecular formula is C15H11FN4. The van der Waals surface area contributed by atoms with E-state index >= 15 is 0 Å². The lowest BCUT2D eigenvalue weighted by Crippen LogP contribution is -2.00. The number of hydrogen-bond acceptors (Lipinski definition) is 3. The molecule has 0 aliphatic carbocycles. The molecule has 5 heteroatoms. The highest BCUT2D eigenvalue weighted by molar-refractivity contribution is 5.90. The van der Waals surface area contributed by atoms with E-state index in [1.54, 1.807) is 18.3 Å². The third-order valence-electron chi connectivity index (χ3n) is 3.12. The van der Waals surface area contributed by atoms with Crippen molar-refractivity contribution in [3.63, 3.8) is 0 Å². The van der Waals surface area contributed by atoms with Crippen LogP contribution in [0.15, 0.2) is 42.6 Å². The summed E-state index contributed by atoms with van der Waals surface area (Å²) in [5.41, 5.74) is 2.81. The second-order valence-corrected chi connectivity index (χ2v) is 4.42. The minimum Gasteiger partial charge on any atom is -0.380 e. The summed E-state index contributed by atoms with van der Waals surface area (Å²) in [6, 6.07) is 12.2.